The van der Waals surface area contributed by atoms with Crippen molar-refractivity contribution in [1.82, 2.24) is 5.32 Å². The number of hydrogen-bond acceptors (Lipinski definition) is 4. The summed E-state index contributed by atoms with van der Waals surface area (Å²) in [5, 5.41) is 5.62. The van der Waals surface area contributed by atoms with Crippen LogP contribution in [0.2, 0.25) is 0 Å². The molecular weight excluding hydrogens is 382 g/mol. The number of nitrogens with zero attached hydrogens (tertiary/aromatic N) is 2. The highest BCUT2D eigenvalue weighted by Crippen LogP contribution is 2.33. The van der Waals surface area contributed by atoms with Gasteiger partial charge in [0, 0.05) is 21.9 Å². The van der Waals surface area contributed by atoms with Crippen LogP contribution in [0.4, 0.5) is 0 Å². The summed E-state index contributed by atoms with van der Waals surface area (Å²) in [4.78, 5) is 9.96. The molecule has 0 radical (unpaired) electrons. The summed E-state index contributed by atoms with van der Waals surface area (Å²) in [6.07, 6.45) is -0.225. The molecule has 0 spiro atoms. The Morgan fingerprint density at radius 3 is 2.23 bits per heavy atom. The molecule has 2 heterocycles. The van der Waals surface area contributed by atoms with Crippen LogP contribution in [0.3, 0.4) is 0 Å². The lowest BCUT2D eigenvalue weighted by molar-refractivity contribution is 0.668. The molecule has 6 rings (SSSR count). The van der Waals surface area contributed by atoms with E-state index < -0.39 is 0 Å². The van der Waals surface area contributed by atoms with Crippen LogP contribution in [0, 0.1) is 0 Å². The number of fused-ring (bicyclic) bond motifs is 3. The van der Waals surface area contributed by atoms with E-state index in [0.29, 0.717) is 5.84 Å². The van der Waals surface area contributed by atoms with Gasteiger partial charge in [-0.05, 0) is 17.7 Å². The van der Waals surface area contributed by atoms with Crippen molar-refractivity contribution in [2.75, 3.05) is 0 Å². The van der Waals surface area contributed by atoms with Gasteiger partial charge in [-0.2, -0.15) is 0 Å². The van der Waals surface area contributed by atoms with Crippen molar-refractivity contribution in [3.05, 3.63) is 120 Å². The molecule has 1 aromatic heterocycles. The first kappa shape index (κ1) is 17.7. The largest absolute Gasteiger partial charge is 0.456 e. The van der Waals surface area contributed by atoms with Gasteiger partial charge in [0.15, 0.2) is 5.84 Å². The maximum Gasteiger partial charge on any atom is 0.160 e. The van der Waals surface area contributed by atoms with E-state index in [1.165, 1.54) is 0 Å². The molecular formula is C27H19N3O. The first-order valence-electron chi connectivity index (χ1n) is 10.3. The molecule has 5 aromatic rings. The second-order valence-corrected chi connectivity index (χ2v) is 7.51. The van der Waals surface area contributed by atoms with E-state index in [1.54, 1.807) is 0 Å². The average molecular weight is 401 g/mol. The Morgan fingerprint density at radius 1 is 0.677 bits per heavy atom. The number of nitrogens with one attached hydrogen (secondary N) is 1. The smallest absolute Gasteiger partial charge is 0.160 e. The van der Waals surface area contributed by atoms with Gasteiger partial charge in [-0.25, -0.2) is 9.98 Å². The highest BCUT2D eigenvalue weighted by molar-refractivity contribution is 6.21. The number of hydrogen-bond donors (Lipinski definition) is 1. The van der Waals surface area contributed by atoms with Crippen LogP contribution in [0.5, 0.6) is 0 Å². The van der Waals surface area contributed by atoms with Gasteiger partial charge in [0.05, 0.1) is 0 Å². The molecule has 31 heavy (non-hydrogen) atoms. The number of para-hydroxylation sites is 1. The average Bonchev–Trinajstić information content (AvgIpc) is 3.24. The van der Waals surface area contributed by atoms with Gasteiger partial charge in [-0.1, -0.05) is 91.0 Å². The van der Waals surface area contributed by atoms with E-state index in [-0.39, 0.29) is 6.17 Å². The van der Waals surface area contributed by atoms with Crippen LogP contribution in [0.15, 0.2) is 118 Å². The first-order chi connectivity index (χ1) is 15.4. The van der Waals surface area contributed by atoms with Crippen LogP contribution in [0.25, 0.3) is 21.9 Å². The van der Waals surface area contributed by atoms with E-state index in [9.17, 15) is 0 Å². The molecule has 1 atom stereocenters. The van der Waals surface area contributed by atoms with E-state index >= 15 is 0 Å². The zero-order valence-electron chi connectivity index (χ0n) is 16.7. The number of benzene rings is 4. The lowest BCUT2D eigenvalue weighted by atomic mass is 10.0. The summed E-state index contributed by atoms with van der Waals surface area (Å²) in [7, 11) is 0. The highest BCUT2D eigenvalue weighted by atomic mass is 16.3. The predicted molar refractivity (Wildman–Crippen MR) is 126 cm³/mol. The van der Waals surface area contributed by atoms with Gasteiger partial charge < -0.3 is 9.73 Å². The Hall–Kier alpha value is -4.18. The molecule has 0 fully saturated rings. The second-order valence-electron chi connectivity index (χ2n) is 7.51. The maximum atomic E-state index is 6.09. The molecule has 0 bridgehead atoms. The molecule has 0 aliphatic carbocycles. The molecule has 1 aliphatic heterocycles. The maximum absolute atomic E-state index is 6.09. The van der Waals surface area contributed by atoms with Crippen LogP contribution in [0.1, 0.15) is 22.9 Å². The molecule has 1 aliphatic rings. The molecule has 4 aromatic carbocycles. The molecule has 0 saturated carbocycles. The van der Waals surface area contributed by atoms with Crippen LogP contribution in [-0.4, -0.2) is 11.7 Å². The Kier molecular flexibility index (Phi) is 4.13. The molecule has 4 nitrogen and oxygen atoms in total. The van der Waals surface area contributed by atoms with Crippen molar-refractivity contribution < 1.29 is 4.42 Å². The van der Waals surface area contributed by atoms with E-state index in [1.807, 2.05) is 66.7 Å². The van der Waals surface area contributed by atoms with Crippen molar-refractivity contribution in [3.8, 4) is 0 Å². The minimum Gasteiger partial charge on any atom is -0.456 e. The van der Waals surface area contributed by atoms with Crippen LogP contribution < -0.4 is 5.32 Å². The standard InChI is InChI=1S/C27H19N3O/c1-3-10-18(11-4-1)25-28-26(19-12-5-2-6-13-19)30-27(29-25)21-15-9-17-23-24(21)20-14-7-8-16-22(20)31-23/h1-17,25H,(H,28,29,30). The minimum atomic E-state index is -0.225. The Balaban J connectivity index is 1.58. The van der Waals surface area contributed by atoms with E-state index in [0.717, 1.165) is 44.5 Å². The number of rotatable bonds is 3. The lowest BCUT2D eigenvalue weighted by Crippen LogP contribution is -2.33. The summed E-state index contributed by atoms with van der Waals surface area (Å²) < 4.78 is 6.09. The second kappa shape index (κ2) is 7.26. The number of amidine groups is 2. The van der Waals surface area contributed by atoms with Crippen LogP contribution in [-0.2, 0) is 0 Å². The van der Waals surface area contributed by atoms with Crippen molar-refractivity contribution in [2.24, 2.45) is 9.98 Å². The Bertz CT molecular complexity index is 1450. The summed E-state index contributed by atoms with van der Waals surface area (Å²) in [6.45, 7) is 0. The molecule has 1 unspecified atom stereocenters. The summed E-state index contributed by atoms with van der Waals surface area (Å²) in [5.74, 6) is 1.51. The normalized spacial score (nSPS) is 16.1. The van der Waals surface area contributed by atoms with Gasteiger partial charge in [-0.15, -0.1) is 0 Å². The fourth-order valence-corrected chi connectivity index (χ4v) is 4.08. The SMILES string of the molecule is c1ccc(C2=NC(c3cccc4oc5ccccc5c34)=NC(c3ccccc3)N2)cc1. The summed E-state index contributed by atoms with van der Waals surface area (Å²) >= 11 is 0. The minimum absolute atomic E-state index is 0.225. The molecule has 0 amide bonds. The molecule has 0 saturated heterocycles. The fraction of sp³-hybridized carbons (Fsp3) is 0.0370. The Labute approximate surface area is 179 Å². The zero-order chi connectivity index (χ0) is 20.6. The fourth-order valence-electron chi connectivity index (χ4n) is 4.08. The highest BCUT2D eigenvalue weighted by Gasteiger charge is 2.23. The third kappa shape index (κ3) is 3.09. The quantitative estimate of drug-likeness (QED) is 0.398. The third-order valence-corrected chi connectivity index (χ3v) is 5.55. The van der Waals surface area contributed by atoms with Gasteiger partial charge in [0.25, 0.3) is 0 Å². The number of furan rings is 1. The topological polar surface area (TPSA) is 49.9 Å². The Morgan fingerprint density at radius 2 is 1.39 bits per heavy atom. The van der Waals surface area contributed by atoms with E-state index in [4.69, 9.17) is 14.4 Å². The van der Waals surface area contributed by atoms with Crippen molar-refractivity contribution in [3.63, 3.8) is 0 Å². The monoisotopic (exact) mass is 401 g/mol. The molecule has 4 heteroatoms. The van der Waals surface area contributed by atoms with Gasteiger partial charge >= 0.3 is 0 Å². The summed E-state index contributed by atoms with van der Waals surface area (Å²) in [5.41, 5.74) is 4.80. The third-order valence-electron chi connectivity index (χ3n) is 5.55. The lowest BCUT2D eigenvalue weighted by Gasteiger charge is -2.23. The zero-order valence-corrected chi connectivity index (χ0v) is 16.7. The summed E-state index contributed by atoms with van der Waals surface area (Å²) in [6, 6.07) is 34.6. The van der Waals surface area contributed by atoms with Crippen LogP contribution >= 0.6 is 0 Å². The molecule has 148 valence electrons. The number of aliphatic imine (C=N–C) groups is 2. The van der Waals surface area contributed by atoms with Crippen molar-refractivity contribution in [2.45, 2.75) is 6.17 Å². The van der Waals surface area contributed by atoms with E-state index in [2.05, 4.69) is 41.7 Å². The molecule has 1 N–H and O–H groups in total. The first-order valence-corrected chi connectivity index (χ1v) is 10.3. The van der Waals surface area contributed by atoms with Gasteiger partial charge in [0.2, 0.25) is 0 Å². The van der Waals surface area contributed by atoms with Gasteiger partial charge in [-0.3, -0.25) is 0 Å². The predicted octanol–water partition coefficient (Wildman–Crippen LogP) is 6.08. The van der Waals surface area contributed by atoms with Crippen molar-refractivity contribution >= 4 is 33.6 Å². The van der Waals surface area contributed by atoms with Crippen molar-refractivity contribution in [1.29, 1.82) is 0 Å². The van der Waals surface area contributed by atoms with Gasteiger partial charge in [0.1, 0.15) is 23.2 Å².